The molecule has 0 aromatic heterocycles. The van der Waals surface area contributed by atoms with E-state index < -0.39 is 0 Å². The predicted octanol–water partition coefficient (Wildman–Crippen LogP) is 3.42. The second kappa shape index (κ2) is 6.31. The Hall–Kier alpha value is -0.210. The van der Waals surface area contributed by atoms with Gasteiger partial charge in [-0.3, -0.25) is 0 Å². The standard InChI is InChI=1S/C12H20OS/c1-10-5-6-12(9-11(10)2)13-7-4-8-14-3/h5,9,12H,4,6-8H2,1-3H3. The molecule has 1 nitrogen and oxygen atoms in total. The number of rotatable bonds is 5. The number of ether oxygens (including phenoxy) is 1. The molecular formula is C12H20OS. The lowest BCUT2D eigenvalue weighted by atomic mass is 9.99. The van der Waals surface area contributed by atoms with Gasteiger partial charge in [0.1, 0.15) is 0 Å². The lowest BCUT2D eigenvalue weighted by Crippen LogP contribution is -2.14. The van der Waals surface area contributed by atoms with Crippen LogP contribution in [0.15, 0.2) is 23.3 Å². The summed E-state index contributed by atoms with van der Waals surface area (Å²) >= 11 is 1.88. The van der Waals surface area contributed by atoms with Crippen LogP contribution in [0.4, 0.5) is 0 Å². The molecule has 0 fully saturated rings. The molecule has 14 heavy (non-hydrogen) atoms. The van der Waals surface area contributed by atoms with Crippen molar-refractivity contribution in [2.75, 3.05) is 18.6 Å². The minimum Gasteiger partial charge on any atom is -0.374 e. The highest BCUT2D eigenvalue weighted by Gasteiger charge is 2.10. The molecular weight excluding hydrogens is 192 g/mol. The van der Waals surface area contributed by atoms with Gasteiger partial charge in [-0.05, 0) is 44.3 Å². The Bertz CT molecular complexity index is 230. The Morgan fingerprint density at radius 1 is 1.43 bits per heavy atom. The largest absolute Gasteiger partial charge is 0.374 e. The zero-order chi connectivity index (χ0) is 10.4. The molecule has 0 saturated carbocycles. The third-order valence-electron chi connectivity index (χ3n) is 2.54. The Morgan fingerprint density at radius 2 is 2.21 bits per heavy atom. The summed E-state index contributed by atoms with van der Waals surface area (Å²) in [5.41, 5.74) is 2.76. The van der Waals surface area contributed by atoms with Crippen molar-refractivity contribution in [3.05, 3.63) is 23.3 Å². The molecule has 0 spiro atoms. The molecule has 1 atom stereocenters. The number of hydrogen-bond donors (Lipinski definition) is 0. The zero-order valence-corrected chi connectivity index (χ0v) is 10.2. The molecule has 0 amide bonds. The summed E-state index contributed by atoms with van der Waals surface area (Å²) in [6.45, 7) is 5.21. The van der Waals surface area contributed by atoms with Gasteiger partial charge in [0, 0.05) is 6.61 Å². The summed E-state index contributed by atoms with van der Waals surface area (Å²) in [6, 6.07) is 0. The first-order valence-electron chi connectivity index (χ1n) is 5.20. The molecule has 0 saturated heterocycles. The van der Waals surface area contributed by atoms with Crippen molar-refractivity contribution >= 4 is 11.8 Å². The molecule has 0 radical (unpaired) electrons. The van der Waals surface area contributed by atoms with Gasteiger partial charge in [-0.25, -0.2) is 0 Å². The fourth-order valence-corrected chi connectivity index (χ4v) is 1.89. The maximum absolute atomic E-state index is 5.77. The molecule has 0 aromatic carbocycles. The summed E-state index contributed by atoms with van der Waals surface area (Å²) in [5, 5.41) is 0. The Labute approximate surface area is 91.6 Å². The van der Waals surface area contributed by atoms with Gasteiger partial charge in [0.2, 0.25) is 0 Å². The molecule has 80 valence electrons. The van der Waals surface area contributed by atoms with Crippen LogP contribution in [0.5, 0.6) is 0 Å². The van der Waals surface area contributed by atoms with Crippen molar-refractivity contribution in [1.29, 1.82) is 0 Å². The van der Waals surface area contributed by atoms with E-state index in [4.69, 9.17) is 4.74 Å². The number of allylic oxidation sites excluding steroid dienone is 2. The lowest BCUT2D eigenvalue weighted by Gasteiger charge is -2.18. The van der Waals surface area contributed by atoms with Gasteiger partial charge < -0.3 is 4.74 Å². The number of hydrogen-bond acceptors (Lipinski definition) is 2. The van der Waals surface area contributed by atoms with Crippen molar-refractivity contribution in [1.82, 2.24) is 0 Å². The van der Waals surface area contributed by atoms with Crippen LogP contribution in [0.1, 0.15) is 26.7 Å². The molecule has 0 aromatic rings. The highest BCUT2D eigenvalue weighted by atomic mass is 32.2. The van der Waals surface area contributed by atoms with Crippen LogP contribution in [0.3, 0.4) is 0 Å². The predicted molar refractivity (Wildman–Crippen MR) is 64.9 cm³/mol. The average Bonchev–Trinajstić information content (AvgIpc) is 2.18. The second-order valence-electron chi connectivity index (χ2n) is 3.73. The maximum atomic E-state index is 5.77. The Balaban J connectivity index is 2.22. The van der Waals surface area contributed by atoms with Gasteiger partial charge in [-0.1, -0.05) is 17.7 Å². The van der Waals surface area contributed by atoms with Crippen LogP contribution in [0.25, 0.3) is 0 Å². The van der Waals surface area contributed by atoms with Gasteiger partial charge in [-0.15, -0.1) is 0 Å². The molecule has 1 rings (SSSR count). The fourth-order valence-electron chi connectivity index (χ4n) is 1.49. The monoisotopic (exact) mass is 212 g/mol. The first-order valence-corrected chi connectivity index (χ1v) is 6.59. The first kappa shape index (κ1) is 11.9. The van der Waals surface area contributed by atoms with Crippen molar-refractivity contribution in [2.45, 2.75) is 32.8 Å². The smallest absolute Gasteiger partial charge is 0.0796 e. The van der Waals surface area contributed by atoms with Crippen LogP contribution in [-0.4, -0.2) is 24.7 Å². The van der Waals surface area contributed by atoms with Crippen LogP contribution in [-0.2, 0) is 4.74 Å². The summed E-state index contributed by atoms with van der Waals surface area (Å²) in [7, 11) is 0. The Morgan fingerprint density at radius 3 is 2.86 bits per heavy atom. The zero-order valence-electron chi connectivity index (χ0n) is 9.38. The normalized spacial score (nSPS) is 21.8. The minimum atomic E-state index is 0.320. The van der Waals surface area contributed by atoms with E-state index in [9.17, 15) is 0 Å². The minimum absolute atomic E-state index is 0.320. The van der Waals surface area contributed by atoms with E-state index in [1.807, 2.05) is 11.8 Å². The van der Waals surface area contributed by atoms with Crippen LogP contribution < -0.4 is 0 Å². The third kappa shape index (κ3) is 3.89. The van der Waals surface area contributed by atoms with Crippen molar-refractivity contribution in [3.8, 4) is 0 Å². The second-order valence-corrected chi connectivity index (χ2v) is 4.71. The van der Waals surface area contributed by atoms with Crippen LogP contribution >= 0.6 is 11.8 Å². The van der Waals surface area contributed by atoms with E-state index in [1.165, 1.54) is 16.9 Å². The van der Waals surface area contributed by atoms with Gasteiger partial charge in [0.15, 0.2) is 0 Å². The lowest BCUT2D eigenvalue weighted by molar-refractivity contribution is 0.0868. The topological polar surface area (TPSA) is 9.23 Å². The molecule has 0 aliphatic heterocycles. The molecule has 1 aliphatic carbocycles. The van der Waals surface area contributed by atoms with E-state index in [0.29, 0.717) is 6.10 Å². The highest BCUT2D eigenvalue weighted by Crippen LogP contribution is 2.19. The third-order valence-corrected chi connectivity index (χ3v) is 3.24. The highest BCUT2D eigenvalue weighted by molar-refractivity contribution is 7.98. The van der Waals surface area contributed by atoms with E-state index in [0.717, 1.165) is 19.4 Å². The van der Waals surface area contributed by atoms with Gasteiger partial charge in [-0.2, -0.15) is 11.8 Å². The molecule has 0 N–H and O–H groups in total. The van der Waals surface area contributed by atoms with Crippen LogP contribution in [0, 0.1) is 0 Å². The molecule has 0 bridgehead atoms. The molecule has 2 heteroatoms. The molecule has 1 aliphatic rings. The number of thioether (sulfide) groups is 1. The molecule has 0 heterocycles. The quantitative estimate of drug-likeness (QED) is 0.646. The summed E-state index contributed by atoms with van der Waals surface area (Å²) < 4.78 is 5.77. The van der Waals surface area contributed by atoms with Gasteiger partial charge in [0.25, 0.3) is 0 Å². The van der Waals surface area contributed by atoms with E-state index >= 15 is 0 Å². The maximum Gasteiger partial charge on any atom is 0.0796 e. The summed E-state index contributed by atoms with van der Waals surface area (Å²) in [6.07, 6.45) is 9.18. The van der Waals surface area contributed by atoms with E-state index in [1.54, 1.807) is 0 Å². The molecule has 1 unspecified atom stereocenters. The first-order chi connectivity index (χ1) is 6.74. The summed E-state index contributed by atoms with van der Waals surface area (Å²) in [5.74, 6) is 1.20. The van der Waals surface area contributed by atoms with Gasteiger partial charge in [0.05, 0.1) is 6.10 Å². The SMILES string of the molecule is CSCCCOC1C=C(C)C(C)=CC1. The average molecular weight is 212 g/mol. The van der Waals surface area contributed by atoms with Crippen molar-refractivity contribution in [3.63, 3.8) is 0 Å². The van der Waals surface area contributed by atoms with Crippen molar-refractivity contribution < 1.29 is 4.74 Å². The summed E-state index contributed by atoms with van der Waals surface area (Å²) in [4.78, 5) is 0. The van der Waals surface area contributed by atoms with Crippen molar-refractivity contribution in [2.24, 2.45) is 0 Å². The van der Waals surface area contributed by atoms with Crippen LogP contribution in [0.2, 0.25) is 0 Å². The van der Waals surface area contributed by atoms with E-state index in [2.05, 4.69) is 32.3 Å². The van der Waals surface area contributed by atoms with E-state index in [-0.39, 0.29) is 0 Å². The fraction of sp³-hybridized carbons (Fsp3) is 0.667. The van der Waals surface area contributed by atoms with Gasteiger partial charge >= 0.3 is 0 Å². The Kier molecular flexibility index (Phi) is 5.34.